The van der Waals surface area contributed by atoms with Crippen LogP contribution in [0.2, 0.25) is 0 Å². The highest BCUT2D eigenvalue weighted by Crippen LogP contribution is 2.51. The Morgan fingerprint density at radius 2 is 1.59 bits per heavy atom. The number of amides is 3. The van der Waals surface area contributed by atoms with Gasteiger partial charge in [0.1, 0.15) is 39.6 Å². The van der Waals surface area contributed by atoms with Crippen molar-refractivity contribution in [2.45, 2.75) is 149 Å². The molecule has 8 rings (SSSR count). The number of allylic oxidation sites excluding steroid dienone is 2. The number of phenolic OH excluding ortho intramolecular Hbond substituents is 2. The third kappa shape index (κ3) is 10.9. The number of alkyl carbamates (subject to hydrolysis) is 1. The summed E-state index contributed by atoms with van der Waals surface area (Å²) in [5, 5.41) is 54.4. The van der Waals surface area contributed by atoms with Crippen molar-refractivity contribution in [3.05, 3.63) is 58.0 Å². The van der Waals surface area contributed by atoms with Gasteiger partial charge in [-0.15, -0.1) is 0 Å². The Morgan fingerprint density at radius 3 is 2.22 bits per heavy atom. The molecule has 0 saturated carbocycles. The molecule has 2 saturated heterocycles. The van der Waals surface area contributed by atoms with E-state index < -0.39 is 88.7 Å². The Kier molecular flexibility index (Phi) is 16.6. The summed E-state index contributed by atoms with van der Waals surface area (Å²) in [5.41, 5.74) is -1.21. The Hall–Kier alpha value is -5.60. The summed E-state index contributed by atoms with van der Waals surface area (Å²) in [4.78, 5) is 69.6. The van der Waals surface area contributed by atoms with Gasteiger partial charge in [0.2, 0.25) is 0 Å². The minimum absolute atomic E-state index is 0.0313. The van der Waals surface area contributed by atoms with Gasteiger partial charge in [0.05, 0.1) is 41.2 Å². The van der Waals surface area contributed by atoms with Crippen molar-refractivity contribution in [3.8, 4) is 17.2 Å². The van der Waals surface area contributed by atoms with Crippen molar-refractivity contribution in [2.75, 3.05) is 52.3 Å². The van der Waals surface area contributed by atoms with Gasteiger partial charge in [-0.25, -0.2) is 9.79 Å². The van der Waals surface area contributed by atoms with Gasteiger partial charge in [-0.3, -0.25) is 19.4 Å². The van der Waals surface area contributed by atoms with Crippen LogP contribution in [0.1, 0.15) is 111 Å². The highest BCUT2D eigenvalue weighted by atomic mass is 16.7. The summed E-state index contributed by atoms with van der Waals surface area (Å²) in [6, 6.07) is -0.313. The lowest BCUT2D eigenvalue weighted by Crippen LogP contribution is -2.53. The number of hydrogen-bond donors (Lipinski definition) is 6. The molecule has 9 atom stereocenters. The lowest BCUT2D eigenvalue weighted by Gasteiger charge is -2.39. The van der Waals surface area contributed by atoms with Crippen LogP contribution < -0.4 is 26.1 Å². The molecule has 5 bridgehead atoms. The molecule has 0 radical (unpaired) electrons. The smallest absolute Gasteiger partial charge is 0.407 e. The van der Waals surface area contributed by atoms with E-state index in [2.05, 4.69) is 34.4 Å². The molecule has 2 aromatic rings. The number of ether oxygens (including phenoxy) is 5. The van der Waals surface area contributed by atoms with E-state index in [0.29, 0.717) is 63.5 Å². The van der Waals surface area contributed by atoms with Crippen molar-refractivity contribution < 1.29 is 63.3 Å². The van der Waals surface area contributed by atoms with Crippen LogP contribution in [0.4, 0.5) is 10.5 Å². The number of carbonyl (C=O) groups excluding carboxylic acids is 4. The van der Waals surface area contributed by atoms with Crippen LogP contribution in [0, 0.1) is 36.5 Å². The zero-order valence-corrected chi connectivity index (χ0v) is 45.3. The normalized spacial score (nSPS) is 30.7. The molecular formula is C55H78N6O13. The van der Waals surface area contributed by atoms with Crippen LogP contribution >= 0.6 is 0 Å². The van der Waals surface area contributed by atoms with Crippen LogP contribution in [-0.2, 0) is 28.5 Å². The Labute approximate surface area is 433 Å². The first-order chi connectivity index (χ1) is 34.8. The van der Waals surface area contributed by atoms with Crippen molar-refractivity contribution in [1.82, 2.24) is 15.1 Å². The topological polar surface area (TPSA) is 251 Å². The number of benzene rings is 2. The fraction of sp³-hybridized carbons (Fsp3) is 0.636. The van der Waals surface area contributed by atoms with Gasteiger partial charge in [0, 0.05) is 113 Å². The fourth-order valence-electron chi connectivity index (χ4n) is 11.1. The van der Waals surface area contributed by atoms with Gasteiger partial charge in [-0.05, 0) is 52.5 Å². The van der Waals surface area contributed by atoms with E-state index in [1.54, 1.807) is 78.5 Å². The number of aliphatic hydroxyl groups excluding tert-OH is 2. The maximum Gasteiger partial charge on any atom is 0.407 e. The summed E-state index contributed by atoms with van der Waals surface area (Å²) in [5.74, 6) is -6.69. The summed E-state index contributed by atoms with van der Waals surface area (Å²) in [6.45, 7) is 22.4. The number of phenols is 2. The second kappa shape index (κ2) is 21.9. The first-order valence-corrected chi connectivity index (χ1v) is 26.0. The standard InChI is InChI=1S/C55H78N6O13/c1-28(2)27-60-24-20-55(21-25-60)58-40-37-38-45(64)34(8)48-39(37)49(66)54(11,74-48)72-26-19-36(70-12)31(5)47(73-52(69)56-35-17-22-61(23-18-35)51(68)53(9,10)71-13)33(7)44(63)32(6)43(62)29(3)15-14-16-30(4)50(67)57-42(46(38)65)41(40)59-55/h14-16,19,26,28-29,31-33,35-36,43-44,47,58,62-65H,17-18,20-25,27H2,1-13H3,(H,56,69)/b15-14+,26-19+,30-16-,57-42?/t29-,31+,32+,33+,36-,43-,44+,47+,54-/m0/s1. The number of fused-ring (bicyclic) bond motifs is 13. The third-order valence-corrected chi connectivity index (χ3v) is 16.0. The summed E-state index contributed by atoms with van der Waals surface area (Å²) in [7, 11) is 2.95. The first kappa shape index (κ1) is 56.1. The van der Waals surface area contributed by atoms with E-state index in [1.807, 2.05) is 0 Å². The van der Waals surface area contributed by atoms with Gasteiger partial charge < -0.3 is 64.5 Å². The number of Topliss-reactive ketones (excluding diaryl/α,β-unsaturated/α-hetero) is 1. The van der Waals surface area contributed by atoms with Gasteiger partial charge in [0.15, 0.2) is 5.75 Å². The number of likely N-dealkylation sites (tertiary alicyclic amines) is 2. The second-order valence-corrected chi connectivity index (χ2v) is 22.2. The zero-order chi connectivity index (χ0) is 54.4. The Bertz CT molecular complexity index is 2720. The van der Waals surface area contributed by atoms with E-state index in [1.165, 1.54) is 33.5 Å². The van der Waals surface area contributed by atoms with Crippen LogP contribution in [0.3, 0.4) is 0 Å². The van der Waals surface area contributed by atoms with E-state index in [4.69, 9.17) is 28.7 Å². The lowest BCUT2D eigenvalue weighted by atomic mass is 9.78. The zero-order valence-electron chi connectivity index (χ0n) is 45.3. The van der Waals surface area contributed by atoms with Gasteiger partial charge >= 0.3 is 11.9 Å². The van der Waals surface area contributed by atoms with E-state index >= 15 is 0 Å². The molecule has 2 fully saturated rings. The number of aromatic hydroxyl groups is 2. The number of nitrogens with one attached hydrogen (secondary N) is 2. The number of anilines is 1. The predicted molar refractivity (Wildman–Crippen MR) is 276 cm³/mol. The number of carbonyl (C=O) groups is 4. The van der Waals surface area contributed by atoms with E-state index in [9.17, 15) is 39.6 Å². The van der Waals surface area contributed by atoms with E-state index in [-0.39, 0.29) is 61.6 Å². The van der Waals surface area contributed by atoms with Crippen LogP contribution in [0.5, 0.6) is 17.2 Å². The summed E-state index contributed by atoms with van der Waals surface area (Å²) < 4.78 is 30.2. The number of hydrogen-bond acceptors (Lipinski definition) is 16. The highest BCUT2D eigenvalue weighted by Gasteiger charge is 2.51. The van der Waals surface area contributed by atoms with Gasteiger partial charge in [-0.1, -0.05) is 59.8 Å². The molecule has 74 heavy (non-hydrogen) atoms. The maximum atomic E-state index is 15.0. The van der Waals surface area contributed by atoms with Gasteiger partial charge in [-0.2, -0.15) is 0 Å². The molecular weight excluding hydrogens is 953 g/mol. The molecule has 2 aromatic carbocycles. The maximum absolute atomic E-state index is 15.0. The molecule has 6 N–H and O–H groups in total. The molecule has 19 nitrogen and oxygen atoms in total. The number of nitrogens with zero attached hydrogens (tertiary/aromatic N) is 4. The molecule has 406 valence electrons. The van der Waals surface area contributed by atoms with Crippen molar-refractivity contribution >= 4 is 40.2 Å². The molecule has 3 amide bonds. The number of aliphatic hydroxyl groups is 2. The minimum Gasteiger partial charge on any atom is -0.507 e. The summed E-state index contributed by atoms with van der Waals surface area (Å²) in [6.07, 6.45) is 4.79. The molecule has 6 heterocycles. The second-order valence-electron chi connectivity index (χ2n) is 22.2. The third-order valence-electron chi connectivity index (χ3n) is 16.0. The van der Waals surface area contributed by atoms with E-state index in [0.717, 1.165) is 6.54 Å². The number of methoxy groups -OCH3 is 2. The van der Waals surface area contributed by atoms with Crippen LogP contribution in [0.15, 0.2) is 46.1 Å². The molecule has 6 aliphatic rings. The monoisotopic (exact) mass is 1030 g/mol. The fourth-order valence-corrected chi connectivity index (χ4v) is 11.1. The molecule has 0 aliphatic carbocycles. The van der Waals surface area contributed by atoms with Crippen molar-refractivity contribution in [3.63, 3.8) is 0 Å². The van der Waals surface area contributed by atoms with Crippen molar-refractivity contribution in [2.24, 2.45) is 39.6 Å². The van der Waals surface area contributed by atoms with Crippen LogP contribution in [0.25, 0.3) is 10.8 Å². The first-order valence-electron chi connectivity index (χ1n) is 26.0. The lowest BCUT2D eigenvalue weighted by molar-refractivity contribution is -0.152. The largest absolute Gasteiger partial charge is 0.507 e. The average molecular weight is 1030 g/mol. The molecule has 0 aromatic heterocycles. The Morgan fingerprint density at radius 1 is 0.932 bits per heavy atom. The number of rotatable bonds is 7. The molecule has 1 spiro atoms. The Balaban J connectivity index is 1.27. The van der Waals surface area contributed by atoms with Gasteiger partial charge in [0.25, 0.3) is 17.6 Å². The number of ketones is 1. The predicted octanol–water partition coefficient (Wildman–Crippen LogP) is 5.33. The highest BCUT2D eigenvalue weighted by molar-refractivity contribution is 6.21. The number of piperidine rings is 2. The average Bonchev–Trinajstić information content (AvgIpc) is 3.87. The molecule has 0 unspecified atom stereocenters. The SMILES string of the molecule is CO[C@H]1/C=C/O[C@@]2(C)Oc3c(C)c(O)c4c(O)c(c5c(c4c3C2=O)NC2(CCN(CC(C)C)CC2)N=5)=NC(=O)/C(C)=C\C=C\[C@H](C)[C@H](O)[C@@H](C)[C@@H](O)[C@@H](C)[C@H](OC(=O)NC2CCN(C(=O)C(C)(C)OC)CC2)[C@@H]1C. The summed E-state index contributed by atoms with van der Waals surface area (Å²) >= 11 is 0. The molecule has 6 aliphatic heterocycles. The quantitative estimate of drug-likeness (QED) is 0.192. The molecule has 19 heteroatoms. The van der Waals surface area contributed by atoms with Crippen molar-refractivity contribution in [1.29, 1.82) is 0 Å². The van der Waals surface area contributed by atoms with Crippen LogP contribution in [-0.4, -0.2) is 148 Å². The minimum atomic E-state index is -2.01.